The Hall–Kier alpha value is -0.340. The summed E-state index contributed by atoms with van der Waals surface area (Å²) >= 11 is 1.80. The Balaban J connectivity index is 1.95. The molecule has 1 nitrogen and oxygen atoms in total. The molecule has 0 bridgehead atoms. The topological polar surface area (TPSA) is 12.0 Å². The van der Waals surface area contributed by atoms with E-state index in [1.54, 1.807) is 11.3 Å². The molecule has 0 aromatic carbocycles. The van der Waals surface area contributed by atoms with Crippen LogP contribution in [0.3, 0.4) is 0 Å². The van der Waals surface area contributed by atoms with Crippen LogP contribution in [0.4, 0.5) is 0 Å². The molecule has 1 rings (SSSR count). The molecule has 2 heteroatoms. The van der Waals surface area contributed by atoms with Crippen molar-refractivity contribution in [3.8, 4) is 0 Å². The standard InChI is InChI=1S/C17H31NS/c1-3-4-5-6-7-8-9-10-11-12-17(18-2)16-13-14-19-15-16/h13-15,17-18H,3-12H2,1-2H3. The Bertz CT molecular complexity index is 281. The molecule has 19 heavy (non-hydrogen) atoms. The van der Waals surface area contributed by atoms with Crippen molar-refractivity contribution >= 4 is 11.3 Å². The van der Waals surface area contributed by atoms with E-state index in [2.05, 4.69) is 36.1 Å². The van der Waals surface area contributed by atoms with E-state index >= 15 is 0 Å². The molecule has 0 spiro atoms. The Kier molecular flexibility index (Phi) is 10.1. The lowest BCUT2D eigenvalue weighted by molar-refractivity contribution is 0.494. The first-order chi connectivity index (χ1) is 9.38. The fourth-order valence-corrected chi connectivity index (χ4v) is 3.32. The van der Waals surface area contributed by atoms with Crippen molar-refractivity contribution in [1.82, 2.24) is 5.32 Å². The van der Waals surface area contributed by atoms with E-state index in [9.17, 15) is 0 Å². The van der Waals surface area contributed by atoms with Gasteiger partial charge in [0.1, 0.15) is 0 Å². The second-order valence-electron chi connectivity index (χ2n) is 5.52. The highest BCUT2D eigenvalue weighted by atomic mass is 32.1. The van der Waals surface area contributed by atoms with Gasteiger partial charge in [-0.1, -0.05) is 64.7 Å². The summed E-state index contributed by atoms with van der Waals surface area (Å²) in [5.74, 6) is 0. The summed E-state index contributed by atoms with van der Waals surface area (Å²) in [6, 6.07) is 2.82. The zero-order chi connectivity index (χ0) is 13.8. The summed E-state index contributed by atoms with van der Waals surface area (Å²) in [6.07, 6.45) is 14.0. The highest BCUT2D eigenvalue weighted by Gasteiger charge is 2.08. The summed E-state index contributed by atoms with van der Waals surface area (Å²) in [5, 5.41) is 7.89. The average Bonchev–Trinajstić information content (AvgIpc) is 2.95. The molecule has 1 aromatic heterocycles. The summed E-state index contributed by atoms with van der Waals surface area (Å²) < 4.78 is 0. The number of rotatable bonds is 12. The third-order valence-electron chi connectivity index (χ3n) is 3.89. The Morgan fingerprint density at radius 3 is 2.16 bits per heavy atom. The fraction of sp³-hybridized carbons (Fsp3) is 0.765. The minimum atomic E-state index is 0.566. The first-order valence-corrected chi connectivity index (χ1v) is 9.02. The lowest BCUT2D eigenvalue weighted by atomic mass is 10.0. The van der Waals surface area contributed by atoms with Crippen LogP contribution >= 0.6 is 11.3 Å². The van der Waals surface area contributed by atoms with Crippen molar-refractivity contribution in [2.45, 2.75) is 77.2 Å². The molecular formula is C17H31NS. The van der Waals surface area contributed by atoms with Crippen LogP contribution in [0.15, 0.2) is 16.8 Å². The van der Waals surface area contributed by atoms with E-state index in [0.29, 0.717) is 6.04 Å². The summed E-state index contributed by atoms with van der Waals surface area (Å²) in [4.78, 5) is 0. The Morgan fingerprint density at radius 2 is 1.63 bits per heavy atom. The first-order valence-electron chi connectivity index (χ1n) is 8.07. The van der Waals surface area contributed by atoms with Crippen LogP contribution in [0, 0.1) is 0 Å². The van der Waals surface area contributed by atoms with Crippen molar-refractivity contribution in [2.75, 3.05) is 7.05 Å². The molecule has 0 radical (unpaired) electrons. The van der Waals surface area contributed by atoms with Gasteiger partial charge in [-0.2, -0.15) is 11.3 Å². The van der Waals surface area contributed by atoms with Crippen molar-refractivity contribution in [3.05, 3.63) is 22.4 Å². The number of unbranched alkanes of at least 4 members (excludes halogenated alkanes) is 8. The second kappa shape index (κ2) is 11.5. The third kappa shape index (κ3) is 7.74. The number of thiophene rings is 1. The number of hydrogen-bond acceptors (Lipinski definition) is 2. The van der Waals surface area contributed by atoms with Gasteiger partial charge in [-0.05, 0) is 35.9 Å². The van der Waals surface area contributed by atoms with E-state index in [-0.39, 0.29) is 0 Å². The number of nitrogens with one attached hydrogen (secondary N) is 1. The van der Waals surface area contributed by atoms with Crippen molar-refractivity contribution < 1.29 is 0 Å². The van der Waals surface area contributed by atoms with Crippen LogP contribution in [0.1, 0.15) is 82.7 Å². The molecule has 1 heterocycles. The van der Waals surface area contributed by atoms with E-state index in [1.807, 2.05) is 0 Å². The Morgan fingerprint density at radius 1 is 1.00 bits per heavy atom. The average molecular weight is 282 g/mol. The van der Waals surface area contributed by atoms with Crippen molar-refractivity contribution in [1.29, 1.82) is 0 Å². The van der Waals surface area contributed by atoms with Crippen LogP contribution in [-0.2, 0) is 0 Å². The SMILES string of the molecule is CCCCCCCCCCCC(NC)c1ccsc1. The highest BCUT2D eigenvalue weighted by Crippen LogP contribution is 2.22. The van der Waals surface area contributed by atoms with Gasteiger partial charge >= 0.3 is 0 Å². The smallest absolute Gasteiger partial charge is 0.0325 e. The first kappa shape index (κ1) is 16.7. The van der Waals surface area contributed by atoms with E-state index in [0.717, 1.165) is 0 Å². The molecule has 1 N–H and O–H groups in total. The maximum absolute atomic E-state index is 3.44. The van der Waals surface area contributed by atoms with Gasteiger partial charge in [-0.3, -0.25) is 0 Å². The molecule has 110 valence electrons. The maximum atomic E-state index is 3.44. The molecule has 0 saturated heterocycles. The summed E-state index contributed by atoms with van der Waals surface area (Å²) in [6.45, 7) is 2.28. The summed E-state index contributed by atoms with van der Waals surface area (Å²) in [7, 11) is 2.08. The molecular weight excluding hydrogens is 250 g/mol. The van der Waals surface area contributed by atoms with E-state index in [4.69, 9.17) is 0 Å². The molecule has 1 unspecified atom stereocenters. The normalized spacial score (nSPS) is 12.7. The van der Waals surface area contributed by atoms with Crippen molar-refractivity contribution in [3.63, 3.8) is 0 Å². The predicted molar refractivity (Wildman–Crippen MR) is 88.0 cm³/mol. The lowest BCUT2D eigenvalue weighted by Gasteiger charge is -2.14. The van der Waals surface area contributed by atoms with Crippen LogP contribution in [-0.4, -0.2) is 7.05 Å². The lowest BCUT2D eigenvalue weighted by Crippen LogP contribution is -2.15. The van der Waals surface area contributed by atoms with Gasteiger partial charge in [0.05, 0.1) is 0 Å². The minimum absolute atomic E-state index is 0.566. The molecule has 1 aromatic rings. The summed E-state index contributed by atoms with van der Waals surface area (Å²) in [5.41, 5.74) is 1.46. The zero-order valence-corrected chi connectivity index (χ0v) is 13.6. The number of hydrogen-bond donors (Lipinski definition) is 1. The largest absolute Gasteiger partial charge is 0.313 e. The predicted octanol–water partition coefficient (Wildman–Crippen LogP) is 5.93. The van der Waals surface area contributed by atoms with Gasteiger partial charge in [0.2, 0.25) is 0 Å². The van der Waals surface area contributed by atoms with Crippen LogP contribution in [0.2, 0.25) is 0 Å². The van der Waals surface area contributed by atoms with Crippen LogP contribution in [0.25, 0.3) is 0 Å². The van der Waals surface area contributed by atoms with Crippen LogP contribution < -0.4 is 5.32 Å². The molecule has 0 aliphatic heterocycles. The second-order valence-corrected chi connectivity index (χ2v) is 6.30. The molecule has 0 aliphatic rings. The maximum Gasteiger partial charge on any atom is 0.0325 e. The van der Waals surface area contributed by atoms with Gasteiger partial charge in [0, 0.05) is 6.04 Å². The van der Waals surface area contributed by atoms with Gasteiger partial charge in [-0.25, -0.2) is 0 Å². The van der Waals surface area contributed by atoms with E-state index < -0.39 is 0 Å². The van der Waals surface area contributed by atoms with Crippen molar-refractivity contribution in [2.24, 2.45) is 0 Å². The third-order valence-corrected chi connectivity index (χ3v) is 4.59. The van der Waals surface area contributed by atoms with Gasteiger partial charge in [0.25, 0.3) is 0 Å². The van der Waals surface area contributed by atoms with Gasteiger partial charge in [-0.15, -0.1) is 0 Å². The molecule has 0 fully saturated rings. The molecule has 0 saturated carbocycles. The zero-order valence-electron chi connectivity index (χ0n) is 12.8. The van der Waals surface area contributed by atoms with E-state index in [1.165, 1.54) is 69.8 Å². The molecule has 0 aliphatic carbocycles. The van der Waals surface area contributed by atoms with Gasteiger partial charge < -0.3 is 5.32 Å². The monoisotopic (exact) mass is 281 g/mol. The Labute approximate surface area is 123 Å². The molecule has 0 amide bonds. The highest BCUT2D eigenvalue weighted by molar-refractivity contribution is 7.07. The quantitative estimate of drug-likeness (QED) is 0.468. The fourth-order valence-electron chi connectivity index (χ4n) is 2.61. The molecule has 1 atom stereocenters. The van der Waals surface area contributed by atoms with Crippen LogP contribution in [0.5, 0.6) is 0 Å². The van der Waals surface area contributed by atoms with Gasteiger partial charge in [0.15, 0.2) is 0 Å². The minimum Gasteiger partial charge on any atom is -0.313 e.